The van der Waals surface area contributed by atoms with Crippen molar-refractivity contribution in [1.82, 2.24) is 14.7 Å². The molecule has 2 aromatic rings. The van der Waals surface area contributed by atoms with E-state index < -0.39 is 17.8 Å². The SMILES string of the molecule is CC1CCN(Cc2ccc(NC(=O)Nc3cc(Br)n(C)n3)cc2C(F)(F)F)CC1. The standard InChI is InChI=1S/C19H23BrF3N5O/c1-12-5-7-28(8-6-12)11-13-3-4-14(9-15(13)19(21,22)23)24-18(29)25-17-10-16(20)27(2)26-17/h3-4,9-10,12H,5-8,11H2,1-2H3,(H2,24,25,26,29). The number of hydrogen-bond acceptors (Lipinski definition) is 3. The lowest BCUT2D eigenvalue weighted by atomic mass is 9.98. The highest BCUT2D eigenvalue weighted by molar-refractivity contribution is 9.10. The minimum Gasteiger partial charge on any atom is -0.308 e. The van der Waals surface area contributed by atoms with Crippen LogP contribution in [-0.4, -0.2) is 33.8 Å². The van der Waals surface area contributed by atoms with Gasteiger partial charge in [-0.05, 0) is 65.5 Å². The minimum absolute atomic E-state index is 0.0702. The number of aryl methyl sites for hydroxylation is 1. The van der Waals surface area contributed by atoms with Gasteiger partial charge in [0, 0.05) is 25.3 Å². The van der Waals surface area contributed by atoms with Crippen LogP contribution >= 0.6 is 15.9 Å². The van der Waals surface area contributed by atoms with Crippen LogP contribution in [0.25, 0.3) is 0 Å². The molecule has 0 radical (unpaired) electrons. The molecule has 158 valence electrons. The minimum atomic E-state index is -4.50. The fourth-order valence-electron chi connectivity index (χ4n) is 3.30. The topological polar surface area (TPSA) is 62.2 Å². The third-order valence-electron chi connectivity index (χ3n) is 5.01. The van der Waals surface area contributed by atoms with E-state index in [1.807, 2.05) is 4.90 Å². The summed E-state index contributed by atoms with van der Waals surface area (Å²) in [5.41, 5.74) is -0.443. The van der Waals surface area contributed by atoms with E-state index in [-0.39, 0.29) is 23.6 Å². The zero-order chi connectivity index (χ0) is 21.2. The maximum absolute atomic E-state index is 13.6. The smallest absolute Gasteiger partial charge is 0.308 e. The van der Waals surface area contributed by atoms with Gasteiger partial charge in [-0.3, -0.25) is 14.9 Å². The summed E-state index contributed by atoms with van der Waals surface area (Å²) in [7, 11) is 1.69. The second-order valence-corrected chi connectivity index (χ2v) is 8.20. The molecule has 2 amide bonds. The van der Waals surface area contributed by atoms with Gasteiger partial charge in [-0.1, -0.05) is 13.0 Å². The molecule has 29 heavy (non-hydrogen) atoms. The third-order valence-corrected chi connectivity index (χ3v) is 5.75. The highest BCUT2D eigenvalue weighted by Gasteiger charge is 2.34. The Balaban J connectivity index is 1.72. The summed E-state index contributed by atoms with van der Waals surface area (Å²) in [6, 6.07) is 4.83. The van der Waals surface area contributed by atoms with E-state index in [0.29, 0.717) is 10.5 Å². The zero-order valence-electron chi connectivity index (χ0n) is 16.2. The van der Waals surface area contributed by atoms with Gasteiger partial charge in [-0.15, -0.1) is 0 Å². The largest absolute Gasteiger partial charge is 0.416 e. The number of rotatable bonds is 4. The number of carbonyl (C=O) groups is 1. The Morgan fingerprint density at radius 2 is 1.93 bits per heavy atom. The Labute approximate surface area is 175 Å². The van der Waals surface area contributed by atoms with Crippen molar-refractivity contribution in [3.05, 3.63) is 40.0 Å². The van der Waals surface area contributed by atoms with Crippen LogP contribution in [0.3, 0.4) is 0 Å². The van der Waals surface area contributed by atoms with Gasteiger partial charge >= 0.3 is 12.2 Å². The Bertz CT molecular complexity index is 856. The molecule has 0 atom stereocenters. The van der Waals surface area contributed by atoms with Crippen molar-refractivity contribution in [2.45, 2.75) is 32.5 Å². The van der Waals surface area contributed by atoms with Crippen LogP contribution in [0, 0.1) is 5.92 Å². The summed E-state index contributed by atoms with van der Waals surface area (Å²) in [4.78, 5) is 14.2. The number of halogens is 4. The molecule has 1 aromatic heterocycles. The maximum Gasteiger partial charge on any atom is 0.416 e. The lowest BCUT2D eigenvalue weighted by molar-refractivity contribution is -0.138. The number of aromatic nitrogens is 2. The number of urea groups is 1. The average molecular weight is 474 g/mol. The number of hydrogen-bond donors (Lipinski definition) is 2. The van der Waals surface area contributed by atoms with Crippen LogP contribution in [0.4, 0.5) is 29.5 Å². The van der Waals surface area contributed by atoms with Gasteiger partial charge in [0.2, 0.25) is 0 Å². The molecule has 3 rings (SSSR count). The van der Waals surface area contributed by atoms with Crippen LogP contribution in [0.15, 0.2) is 28.9 Å². The number of piperidine rings is 1. The lowest BCUT2D eigenvalue weighted by Gasteiger charge is -2.31. The van der Waals surface area contributed by atoms with Gasteiger partial charge in [-0.25, -0.2) is 4.79 Å². The van der Waals surface area contributed by atoms with Crippen molar-refractivity contribution >= 4 is 33.5 Å². The van der Waals surface area contributed by atoms with E-state index >= 15 is 0 Å². The van der Waals surface area contributed by atoms with Crippen molar-refractivity contribution in [3.63, 3.8) is 0 Å². The second-order valence-electron chi connectivity index (χ2n) is 7.38. The first-order valence-corrected chi connectivity index (χ1v) is 10.1. The molecule has 6 nitrogen and oxygen atoms in total. The molecule has 0 saturated carbocycles. The molecule has 1 fully saturated rings. The molecule has 0 aliphatic carbocycles. The summed E-state index contributed by atoms with van der Waals surface area (Å²) in [6.07, 6.45) is -2.52. The van der Waals surface area contributed by atoms with Crippen molar-refractivity contribution in [2.75, 3.05) is 23.7 Å². The van der Waals surface area contributed by atoms with Crippen molar-refractivity contribution in [1.29, 1.82) is 0 Å². The number of likely N-dealkylation sites (tertiary alicyclic amines) is 1. The van der Waals surface area contributed by atoms with E-state index in [9.17, 15) is 18.0 Å². The Morgan fingerprint density at radius 1 is 1.24 bits per heavy atom. The van der Waals surface area contributed by atoms with E-state index in [4.69, 9.17) is 0 Å². The van der Waals surface area contributed by atoms with Crippen LogP contribution in [0.1, 0.15) is 30.9 Å². The average Bonchev–Trinajstić information content (AvgIpc) is 2.94. The molecule has 10 heteroatoms. The van der Waals surface area contributed by atoms with Gasteiger partial charge in [-0.2, -0.15) is 18.3 Å². The predicted octanol–water partition coefficient (Wildman–Crippen LogP) is 5.08. The van der Waals surface area contributed by atoms with E-state index in [0.717, 1.165) is 32.0 Å². The molecule has 1 aromatic carbocycles. The molecule has 1 aliphatic heterocycles. The van der Waals surface area contributed by atoms with Crippen LogP contribution in [-0.2, 0) is 19.8 Å². The van der Waals surface area contributed by atoms with Gasteiger partial charge in [0.1, 0.15) is 4.60 Å². The van der Waals surface area contributed by atoms with Crippen molar-refractivity contribution in [3.8, 4) is 0 Å². The van der Waals surface area contributed by atoms with Gasteiger partial charge in [0.25, 0.3) is 0 Å². The highest BCUT2D eigenvalue weighted by atomic mass is 79.9. The molecule has 0 unspecified atom stereocenters. The Morgan fingerprint density at radius 3 is 2.52 bits per heavy atom. The molecule has 1 aliphatic rings. The van der Waals surface area contributed by atoms with E-state index in [1.54, 1.807) is 13.1 Å². The third kappa shape index (κ3) is 5.72. The summed E-state index contributed by atoms with van der Waals surface area (Å²) in [6.45, 7) is 3.99. The number of anilines is 2. The summed E-state index contributed by atoms with van der Waals surface area (Å²) in [5.74, 6) is 0.891. The molecule has 1 saturated heterocycles. The first kappa shape index (κ1) is 21.6. The maximum atomic E-state index is 13.6. The summed E-state index contributed by atoms with van der Waals surface area (Å²) >= 11 is 3.26. The first-order chi connectivity index (χ1) is 13.6. The van der Waals surface area contributed by atoms with Gasteiger partial charge in [0.05, 0.1) is 5.56 Å². The second kappa shape index (κ2) is 8.74. The highest BCUT2D eigenvalue weighted by Crippen LogP contribution is 2.35. The van der Waals surface area contributed by atoms with Gasteiger partial charge in [0.15, 0.2) is 5.82 Å². The molecule has 2 heterocycles. The zero-order valence-corrected chi connectivity index (χ0v) is 17.8. The fraction of sp³-hybridized carbons (Fsp3) is 0.474. The predicted molar refractivity (Wildman–Crippen MR) is 109 cm³/mol. The molecular formula is C19H23BrF3N5O. The molecule has 2 N–H and O–H groups in total. The fourth-order valence-corrected chi connectivity index (χ4v) is 3.60. The normalized spacial score (nSPS) is 16.1. The number of alkyl halides is 3. The quantitative estimate of drug-likeness (QED) is 0.650. The molecule has 0 spiro atoms. The number of amides is 2. The number of nitrogens with zero attached hydrogens (tertiary/aromatic N) is 3. The van der Waals surface area contributed by atoms with Crippen LogP contribution in [0.5, 0.6) is 0 Å². The van der Waals surface area contributed by atoms with Crippen molar-refractivity contribution < 1.29 is 18.0 Å². The molecular weight excluding hydrogens is 451 g/mol. The number of benzene rings is 1. The van der Waals surface area contributed by atoms with E-state index in [2.05, 4.69) is 38.6 Å². The number of nitrogens with one attached hydrogen (secondary N) is 2. The first-order valence-electron chi connectivity index (χ1n) is 9.32. The summed E-state index contributed by atoms with van der Waals surface area (Å²) < 4.78 is 43.0. The van der Waals surface area contributed by atoms with Crippen LogP contribution in [0.2, 0.25) is 0 Å². The number of carbonyl (C=O) groups excluding carboxylic acids is 1. The van der Waals surface area contributed by atoms with Crippen LogP contribution < -0.4 is 10.6 Å². The van der Waals surface area contributed by atoms with E-state index in [1.165, 1.54) is 16.8 Å². The lowest BCUT2D eigenvalue weighted by Crippen LogP contribution is -2.33. The Kier molecular flexibility index (Phi) is 6.52. The Hall–Kier alpha value is -2.07. The summed E-state index contributed by atoms with van der Waals surface area (Å²) in [5, 5.41) is 8.98. The molecule has 0 bridgehead atoms. The van der Waals surface area contributed by atoms with Crippen molar-refractivity contribution in [2.24, 2.45) is 13.0 Å². The monoisotopic (exact) mass is 473 g/mol. The van der Waals surface area contributed by atoms with Gasteiger partial charge < -0.3 is 5.32 Å².